The van der Waals surface area contributed by atoms with Crippen LogP contribution in [-0.2, 0) is 14.3 Å². The van der Waals surface area contributed by atoms with E-state index in [0.29, 0.717) is 19.4 Å². The van der Waals surface area contributed by atoms with Gasteiger partial charge < -0.3 is 9.64 Å². The number of amides is 1. The number of hydrogen-bond acceptors (Lipinski definition) is 3. The van der Waals surface area contributed by atoms with Gasteiger partial charge in [-0.3, -0.25) is 9.59 Å². The van der Waals surface area contributed by atoms with E-state index in [1.54, 1.807) is 11.9 Å². The van der Waals surface area contributed by atoms with Gasteiger partial charge in [-0.15, -0.1) is 0 Å². The first-order chi connectivity index (χ1) is 9.13. The lowest BCUT2D eigenvalue weighted by Crippen LogP contribution is -2.38. The highest BCUT2D eigenvalue weighted by Gasteiger charge is 2.24. The maximum absolute atomic E-state index is 11.7. The number of nitrogens with zero attached hydrogens (tertiary/aromatic N) is 1. The third kappa shape index (κ3) is 8.10. The summed E-state index contributed by atoms with van der Waals surface area (Å²) in [7, 11) is 1.73. The summed E-state index contributed by atoms with van der Waals surface area (Å²) in [6.45, 7) is 12.6. The molecule has 0 N–H and O–H groups in total. The second-order valence-electron chi connectivity index (χ2n) is 6.86. The number of carbonyl (C=O) groups is 2. The van der Waals surface area contributed by atoms with Gasteiger partial charge in [0, 0.05) is 25.1 Å². The summed E-state index contributed by atoms with van der Waals surface area (Å²) in [4.78, 5) is 23.5. The fraction of sp³-hybridized carbons (Fsp3) is 0.750. The van der Waals surface area contributed by atoms with Crippen molar-refractivity contribution < 1.29 is 14.3 Å². The molecule has 1 amide bonds. The van der Waals surface area contributed by atoms with Crippen LogP contribution in [0.15, 0.2) is 12.2 Å². The Balaban J connectivity index is 4.27. The largest absolute Gasteiger partial charge is 0.380 e. The van der Waals surface area contributed by atoms with Crippen LogP contribution >= 0.6 is 0 Å². The Morgan fingerprint density at radius 1 is 1.15 bits per heavy atom. The van der Waals surface area contributed by atoms with Gasteiger partial charge in [0.25, 0.3) is 0 Å². The second-order valence-corrected chi connectivity index (χ2v) is 6.86. The number of aldehydes is 1. The van der Waals surface area contributed by atoms with Crippen LogP contribution in [0.3, 0.4) is 0 Å². The number of hydrogen-bond donors (Lipinski definition) is 0. The van der Waals surface area contributed by atoms with E-state index >= 15 is 0 Å². The van der Waals surface area contributed by atoms with Crippen LogP contribution in [-0.4, -0.2) is 43.9 Å². The van der Waals surface area contributed by atoms with Crippen molar-refractivity contribution in [2.75, 3.05) is 26.8 Å². The van der Waals surface area contributed by atoms with Crippen LogP contribution in [0.25, 0.3) is 0 Å². The van der Waals surface area contributed by atoms with Crippen molar-refractivity contribution in [2.45, 2.75) is 41.0 Å². The van der Waals surface area contributed by atoms with E-state index in [4.69, 9.17) is 4.74 Å². The molecule has 4 nitrogen and oxygen atoms in total. The Morgan fingerprint density at radius 3 is 2.20 bits per heavy atom. The van der Waals surface area contributed by atoms with Crippen LogP contribution in [0.4, 0.5) is 0 Å². The van der Waals surface area contributed by atoms with Crippen molar-refractivity contribution in [1.29, 1.82) is 0 Å². The van der Waals surface area contributed by atoms with E-state index in [1.807, 2.05) is 0 Å². The van der Waals surface area contributed by atoms with Crippen molar-refractivity contribution in [3.05, 3.63) is 12.2 Å². The molecule has 116 valence electrons. The first-order valence-electron chi connectivity index (χ1n) is 7.08. The average molecular weight is 283 g/mol. The molecule has 0 aliphatic heterocycles. The Bertz CT molecular complexity index is 346. The molecular weight excluding hydrogens is 254 g/mol. The summed E-state index contributed by atoms with van der Waals surface area (Å²) < 4.78 is 5.80. The number of ether oxygens (including phenoxy) is 1. The monoisotopic (exact) mass is 283 g/mol. The number of carbonyl (C=O) groups excluding carboxylic acids is 2. The fourth-order valence-corrected chi connectivity index (χ4v) is 1.72. The molecule has 0 rings (SSSR count). The zero-order chi connectivity index (χ0) is 15.8. The number of allylic oxidation sites excluding steroid dienone is 1. The summed E-state index contributed by atoms with van der Waals surface area (Å²) in [5, 5.41) is 0. The summed E-state index contributed by atoms with van der Waals surface area (Å²) in [5.41, 5.74) is 0.0632. The summed E-state index contributed by atoms with van der Waals surface area (Å²) in [5.74, 6) is -0.168. The molecule has 0 unspecified atom stereocenters. The minimum Gasteiger partial charge on any atom is -0.380 e. The van der Waals surface area contributed by atoms with E-state index < -0.39 is 0 Å². The smallest absolute Gasteiger partial charge is 0.246 e. The Labute approximate surface area is 123 Å². The third-order valence-corrected chi connectivity index (χ3v) is 3.30. The molecule has 0 spiro atoms. The van der Waals surface area contributed by atoms with Crippen molar-refractivity contribution in [3.8, 4) is 0 Å². The Kier molecular flexibility index (Phi) is 7.72. The predicted molar refractivity (Wildman–Crippen MR) is 81.5 cm³/mol. The molecule has 4 heteroatoms. The summed E-state index contributed by atoms with van der Waals surface area (Å²) >= 11 is 0. The van der Waals surface area contributed by atoms with E-state index in [1.165, 1.54) is 12.2 Å². The van der Waals surface area contributed by atoms with Gasteiger partial charge in [-0.1, -0.05) is 34.6 Å². The summed E-state index contributed by atoms with van der Waals surface area (Å²) in [6, 6.07) is 0. The minimum absolute atomic E-state index is 0.122. The molecule has 0 aromatic heterocycles. The quantitative estimate of drug-likeness (QED) is 0.483. The highest BCUT2D eigenvalue weighted by atomic mass is 16.5. The molecule has 0 bridgehead atoms. The van der Waals surface area contributed by atoms with Crippen molar-refractivity contribution in [3.63, 3.8) is 0 Å². The van der Waals surface area contributed by atoms with Crippen LogP contribution in [0.1, 0.15) is 41.0 Å². The lowest BCUT2D eigenvalue weighted by molar-refractivity contribution is -0.126. The SMILES string of the molecule is CCC(C)(C)COCC(C)(C)CN(C)C(=O)/C=C\C=O. The van der Waals surface area contributed by atoms with E-state index in [-0.39, 0.29) is 16.7 Å². The third-order valence-electron chi connectivity index (χ3n) is 3.30. The van der Waals surface area contributed by atoms with Gasteiger partial charge in [-0.2, -0.15) is 0 Å². The second kappa shape index (κ2) is 8.20. The molecule has 0 radical (unpaired) electrons. The Morgan fingerprint density at radius 2 is 1.70 bits per heavy atom. The predicted octanol–water partition coefficient (Wildman–Crippen LogP) is 2.68. The lowest BCUT2D eigenvalue weighted by atomic mass is 9.91. The van der Waals surface area contributed by atoms with Crippen molar-refractivity contribution in [1.82, 2.24) is 4.90 Å². The zero-order valence-electron chi connectivity index (χ0n) is 13.7. The molecule has 0 aromatic rings. The maximum atomic E-state index is 11.7. The van der Waals surface area contributed by atoms with Gasteiger partial charge in [0.15, 0.2) is 0 Å². The van der Waals surface area contributed by atoms with Crippen LogP contribution in [0.2, 0.25) is 0 Å². The van der Waals surface area contributed by atoms with Gasteiger partial charge in [0.1, 0.15) is 6.29 Å². The molecule has 0 aliphatic carbocycles. The van der Waals surface area contributed by atoms with Crippen molar-refractivity contribution >= 4 is 12.2 Å². The van der Waals surface area contributed by atoms with Gasteiger partial charge >= 0.3 is 0 Å². The number of likely N-dealkylation sites (N-methyl/N-ethyl adjacent to an activating group) is 1. The molecule has 0 heterocycles. The highest BCUT2D eigenvalue weighted by molar-refractivity contribution is 5.90. The van der Waals surface area contributed by atoms with Gasteiger partial charge in [-0.25, -0.2) is 0 Å². The first kappa shape index (κ1) is 18.8. The minimum atomic E-state index is -0.168. The van der Waals surface area contributed by atoms with Crippen LogP contribution in [0, 0.1) is 10.8 Å². The molecule has 0 saturated heterocycles. The van der Waals surface area contributed by atoms with Crippen LogP contribution in [0.5, 0.6) is 0 Å². The van der Waals surface area contributed by atoms with E-state index in [2.05, 4.69) is 34.6 Å². The van der Waals surface area contributed by atoms with Crippen LogP contribution < -0.4 is 0 Å². The highest BCUT2D eigenvalue weighted by Crippen LogP contribution is 2.23. The normalized spacial score (nSPS) is 12.7. The molecular formula is C16H29NO3. The molecule has 0 aromatic carbocycles. The maximum Gasteiger partial charge on any atom is 0.246 e. The molecule has 0 saturated carbocycles. The number of rotatable bonds is 9. The first-order valence-corrected chi connectivity index (χ1v) is 7.08. The Hall–Kier alpha value is -1.16. The standard InChI is InChI=1S/C16H29NO3/c1-7-15(2,3)12-20-13-16(4,5)11-17(6)14(19)9-8-10-18/h8-10H,7,11-13H2,1-6H3/b9-8-. The average Bonchev–Trinajstić information content (AvgIpc) is 2.34. The summed E-state index contributed by atoms with van der Waals surface area (Å²) in [6.07, 6.45) is 4.17. The lowest BCUT2D eigenvalue weighted by Gasteiger charge is -2.31. The van der Waals surface area contributed by atoms with Crippen molar-refractivity contribution in [2.24, 2.45) is 10.8 Å². The topological polar surface area (TPSA) is 46.6 Å². The van der Waals surface area contributed by atoms with E-state index in [0.717, 1.165) is 13.0 Å². The zero-order valence-corrected chi connectivity index (χ0v) is 13.7. The molecule has 0 atom stereocenters. The van der Waals surface area contributed by atoms with Gasteiger partial charge in [-0.05, 0) is 17.9 Å². The molecule has 0 aliphatic rings. The fourth-order valence-electron chi connectivity index (χ4n) is 1.72. The molecule has 20 heavy (non-hydrogen) atoms. The van der Waals surface area contributed by atoms with Gasteiger partial charge in [0.05, 0.1) is 13.2 Å². The molecule has 0 fully saturated rings. The van der Waals surface area contributed by atoms with E-state index in [9.17, 15) is 9.59 Å². The van der Waals surface area contributed by atoms with Gasteiger partial charge in [0.2, 0.25) is 5.91 Å².